The highest BCUT2D eigenvalue weighted by atomic mass is 16.3. The van der Waals surface area contributed by atoms with Crippen molar-refractivity contribution in [2.75, 3.05) is 0 Å². The molecular weight excluding hydrogens is 376 g/mol. The molecular formula is C24H42N4O2. The predicted octanol–water partition coefficient (Wildman–Crippen LogP) is 4.53. The number of hydrogen-bond donors (Lipinski definition) is 4. The topological polar surface area (TPSA) is 74.4 Å². The van der Waals surface area contributed by atoms with E-state index in [0.717, 1.165) is 34.2 Å². The molecule has 0 radical (unpaired) electrons. The molecule has 0 fully saturated rings. The van der Waals surface area contributed by atoms with Crippen molar-refractivity contribution in [1.29, 1.82) is 0 Å². The van der Waals surface area contributed by atoms with Gasteiger partial charge in [0.25, 0.3) is 0 Å². The van der Waals surface area contributed by atoms with Gasteiger partial charge in [-0.05, 0) is 12.1 Å². The second kappa shape index (κ2) is 11.7. The first-order chi connectivity index (χ1) is 14.2. The van der Waals surface area contributed by atoms with Crippen molar-refractivity contribution in [1.82, 2.24) is 21.3 Å². The summed E-state index contributed by atoms with van der Waals surface area (Å²) in [7, 11) is 0. The maximum atomic E-state index is 6.26. The van der Waals surface area contributed by atoms with E-state index in [-0.39, 0.29) is 0 Å². The van der Waals surface area contributed by atoms with Crippen molar-refractivity contribution < 1.29 is 8.83 Å². The minimum atomic E-state index is 0.386. The summed E-state index contributed by atoms with van der Waals surface area (Å²) in [5.74, 6) is 3.81. The molecule has 6 heteroatoms. The van der Waals surface area contributed by atoms with Gasteiger partial charge < -0.3 is 30.1 Å². The Morgan fingerprint density at radius 2 is 0.833 bits per heavy atom. The third-order valence-electron chi connectivity index (χ3n) is 4.72. The minimum Gasteiger partial charge on any atom is -0.463 e. The summed E-state index contributed by atoms with van der Waals surface area (Å²) >= 11 is 0. The predicted molar refractivity (Wildman–Crippen MR) is 124 cm³/mol. The Morgan fingerprint density at radius 3 is 1.13 bits per heavy atom. The SMILES string of the molecule is CC(C)NCc1cc(-c2cc(CNC(C)C)oc2CNC(C)C)c(CNC(C)C)o1. The number of nitrogens with one attached hydrogen (secondary N) is 4. The molecule has 0 atom stereocenters. The molecule has 0 aliphatic heterocycles. The Balaban J connectivity index is 2.38. The van der Waals surface area contributed by atoms with Gasteiger partial charge in [0, 0.05) is 35.3 Å². The molecule has 2 aromatic rings. The van der Waals surface area contributed by atoms with Crippen LogP contribution in [0.3, 0.4) is 0 Å². The zero-order chi connectivity index (χ0) is 22.3. The third kappa shape index (κ3) is 7.91. The summed E-state index contributed by atoms with van der Waals surface area (Å²) in [5.41, 5.74) is 2.23. The number of hydrogen-bond acceptors (Lipinski definition) is 6. The molecule has 170 valence electrons. The van der Waals surface area contributed by atoms with Crippen molar-refractivity contribution in [2.45, 2.75) is 106 Å². The highest BCUT2D eigenvalue weighted by Gasteiger charge is 2.20. The molecule has 0 saturated heterocycles. The van der Waals surface area contributed by atoms with E-state index in [2.05, 4.69) is 88.8 Å². The normalized spacial score (nSPS) is 12.3. The molecule has 0 aliphatic carbocycles. The lowest BCUT2D eigenvalue weighted by Crippen LogP contribution is -2.22. The van der Waals surface area contributed by atoms with Crippen molar-refractivity contribution in [3.63, 3.8) is 0 Å². The summed E-state index contributed by atoms with van der Waals surface area (Å²) < 4.78 is 12.5. The van der Waals surface area contributed by atoms with Crippen LogP contribution in [0.25, 0.3) is 11.1 Å². The van der Waals surface area contributed by atoms with Gasteiger partial charge in [-0.2, -0.15) is 0 Å². The lowest BCUT2D eigenvalue weighted by Gasteiger charge is -2.09. The average molecular weight is 419 g/mol. The van der Waals surface area contributed by atoms with Gasteiger partial charge in [-0.3, -0.25) is 0 Å². The molecule has 2 aromatic heterocycles. The lowest BCUT2D eigenvalue weighted by molar-refractivity contribution is 0.413. The number of rotatable bonds is 13. The molecule has 0 saturated carbocycles. The Bertz CT molecular complexity index is 695. The van der Waals surface area contributed by atoms with Crippen molar-refractivity contribution in [3.05, 3.63) is 35.2 Å². The van der Waals surface area contributed by atoms with E-state index >= 15 is 0 Å². The molecule has 0 amide bonds. The summed E-state index contributed by atoms with van der Waals surface area (Å²) in [4.78, 5) is 0. The van der Waals surface area contributed by atoms with Crippen LogP contribution in [-0.4, -0.2) is 24.2 Å². The fraction of sp³-hybridized carbons (Fsp3) is 0.667. The molecule has 6 nitrogen and oxygen atoms in total. The highest BCUT2D eigenvalue weighted by molar-refractivity contribution is 5.69. The van der Waals surface area contributed by atoms with Crippen LogP contribution in [0.5, 0.6) is 0 Å². The van der Waals surface area contributed by atoms with Gasteiger partial charge in [-0.25, -0.2) is 0 Å². The lowest BCUT2D eigenvalue weighted by atomic mass is 10.1. The molecule has 0 aliphatic rings. The molecule has 0 unspecified atom stereocenters. The van der Waals surface area contributed by atoms with Crippen LogP contribution in [-0.2, 0) is 26.2 Å². The zero-order valence-corrected chi connectivity index (χ0v) is 20.1. The fourth-order valence-electron chi connectivity index (χ4n) is 3.06. The van der Waals surface area contributed by atoms with Gasteiger partial charge in [0.05, 0.1) is 26.2 Å². The molecule has 2 heterocycles. The number of furan rings is 2. The van der Waals surface area contributed by atoms with Crippen LogP contribution in [0.4, 0.5) is 0 Å². The Hall–Kier alpha value is -1.60. The first kappa shape index (κ1) is 24.7. The van der Waals surface area contributed by atoms with E-state index in [1.165, 1.54) is 0 Å². The Morgan fingerprint density at radius 1 is 0.533 bits per heavy atom. The quantitative estimate of drug-likeness (QED) is 0.383. The summed E-state index contributed by atoms with van der Waals surface area (Å²) in [6, 6.07) is 5.91. The van der Waals surface area contributed by atoms with E-state index in [0.29, 0.717) is 50.3 Å². The summed E-state index contributed by atoms with van der Waals surface area (Å²) in [6.45, 7) is 20.0. The molecule has 0 bridgehead atoms. The minimum absolute atomic E-state index is 0.386. The third-order valence-corrected chi connectivity index (χ3v) is 4.72. The smallest absolute Gasteiger partial charge is 0.125 e. The molecule has 4 N–H and O–H groups in total. The van der Waals surface area contributed by atoms with E-state index in [9.17, 15) is 0 Å². The van der Waals surface area contributed by atoms with Gasteiger partial charge >= 0.3 is 0 Å². The fourth-order valence-corrected chi connectivity index (χ4v) is 3.06. The van der Waals surface area contributed by atoms with E-state index in [1.54, 1.807) is 0 Å². The molecule has 0 aromatic carbocycles. The molecule has 2 rings (SSSR count). The first-order valence-electron chi connectivity index (χ1n) is 11.3. The van der Waals surface area contributed by atoms with Gasteiger partial charge in [0.1, 0.15) is 23.0 Å². The van der Waals surface area contributed by atoms with Crippen LogP contribution >= 0.6 is 0 Å². The van der Waals surface area contributed by atoms with E-state index < -0.39 is 0 Å². The standard InChI is InChI=1S/C24H42N4O2/c1-15(2)25-11-19-9-21(23(29-19)13-27-17(5)6)22-10-20(12-26-16(3)4)30-24(22)14-28-18(7)8/h9-10,15-18,25-28H,11-14H2,1-8H3. The second-order valence-electron chi connectivity index (χ2n) is 9.24. The van der Waals surface area contributed by atoms with Crippen LogP contribution < -0.4 is 21.3 Å². The molecule has 0 spiro atoms. The molecule has 30 heavy (non-hydrogen) atoms. The van der Waals surface area contributed by atoms with Crippen LogP contribution in [0, 0.1) is 0 Å². The highest BCUT2D eigenvalue weighted by Crippen LogP contribution is 2.33. The van der Waals surface area contributed by atoms with E-state index in [4.69, 9.17) is 8.83 Å². The van der Waals surface area contributed by atoms with E-state index in [1.807, 2.05) is 0 Å². The summed E-state index contributed by atoms with van der Waals surface area (Å²) in [6.07, 6.45) is 0. The van der Waals surface area contributed by atoms with Gasteiger partial charge in [0.15, 0.2) is 0 Å². The largest absolute Gasteiger partial charge is 0.463 e. The van der Waals surface area contributed by atoms with Crippen LogP contribution in [0.1, 0.15) is 78.4 Å². The summed E-state index contributed by atoms with van der Waals surface area (Å²) in [5, 5.41) is 13.9. The Labute approximate surface area is 182 Å². The maximum absolute atomic E-state index is 6.26. The second-order valence-corrected chi connectivity index (χ2v) is 9.24. The van der Waals surface area contributed by atoms with Gasteiger partial charge in [-0.1, -0.05) is 55.4 Å². The Kier molecular flexibility index (Phi) is 9.62. The van der Waals surface area contributed by atoms with Crippen molar-refractivity contribution in [2.24, 2.45) is 0 Å². The van der Waals surface area contributed by atoms with Crippen LogP contribution in [0.2, 0.25) is 0 Å². The monoisotopic (exact) mass is 418 g/mol. The van der Waals surface area contributed by atoms with Crippen molar-refractivity contribution >= 4 is 0 Å². The van der Waals surface area contributed by atoms with Crippen LogP contribution in [0.15, 0.2) is 21.0 Å². The average Bonchev–Trinajstić information content (AvgIpc) is 3.24. The van der Waals surface area contributed by atoms with Crippen molar-refractivity contribution in [3.8, 4) is 11.1 Å². The maximum Gasteiger partial charge on any atom is 0.125 e. The zero-order valence-electron chi connectivity index (χ0n) is 20.1. The van der Waals surface area contributed by atoms with Gasteiger partial charge in [-0.15, -0.1) is 0 Å². The first-order valence-corrected chi connectivity index (χ1v) is 11.3. The van der Waals surface area contributed by atoms with Gasteiger partial charge in [0.2, 0.25) is 0 Å².